The second-order valence-corrected chi connectivity index (χ2v) is 8.27. The van der Waals surface area contributed by atoms with E-state index in [9.17, 15) is 17.6 Å². The van der Waals surface area contributed by atoms with Crippen LogP contribution in [0.2, 0.25) is 0 Å². The zero-order valence-corrected chi connectivity index (χ0v) is 16.5. The molecule has 0 atom stereocenters. The van der Waals surface area contributed by atoms with Crippen molar-refractivity contribution in [2.45, 2.75) is 4.90 Å². The zero-order valence-electron chi connectivity index (χ0n) is 15.7. The quantitative estimate of drug-likeness (QED) is 0.475. The summed E-state index contributed by atoms with van der Waals surface area (Å²) in [5.41, 5.74) is 0.819. The molecule has 0 bridgehead atoms. The van der Waals surface area contributed by atoms with Gasteiger partial charge in [-0.25, -0.2) is 12.8 Å². The molecule has 30 heavy (non-hydrogen) atoms. The van der Waals surface area contributed by atoms with Crippen molar-refractivity contribution in [1.82, 2.24) is 0 Å². The van der Waals surface area contributed by atoms with E-state index < -0.39 is 15.8 Å². The molecule has 0 fully saturated rings. The monoisotopic (exact) mass is 420 g/mol. The van der Waals surface area contributed by atoms with Gasteiger partial charge in [-0.3, -0.25) is 9.52 Å². The topological polar surface area (TPSA) is 75.3 Å². The Bertz CT molecular complexity index is 1330. The zero-order chi connectivity index (χ0) is 21.1. The number of carbonyl (C=O) groups excluding carboxylic acids is 1. The van der Waals surface area contributed by atoms with Crippen molar-refractivity contribution in [1.29, 1.82) is 0 Å². The molecule has 0 spiro atoms. The molecule has 0 saturated carbocycles. The lowest BCUT2D eigenvalue weighted by atomic mass is 10.1. The van der Waals surface area contributed by atoms with Crippen LogP contribution in [0.25, 0.3) is 10.8 Å². The fourth-order valence-electron chi connectivity index (χ4n) is 3.06. The van der Waals surface area contributed by atoms with E-state index in [0.717, 1.165) is 10.8 Å². The van der Waals surface area contributed by atoms with Crippen molar-refractivity contribution in [2.24, 2.45) is 0 Å². The van der Waals surface area contributed by atoms with Crippen LogP contribution in [0, 0.1) is 5.82 Å². The molecule has 150 valence electrons. The van der Waals surface area contributed by atoms with Crippen LogP contribution in [0.1, 0.15) is 10.4 Å². The van der Waals surface area contributed by atoms with E-state index in [4.69, 9.17) is 0 Å². The van der Waals surface area contributed by atoms with E-state index in [1.165, 1.54) is 48.5 Å². The van der Waals surface area contributed by atoms with Crippen molar-refractivity contribution < 1.29 is 17.6 Å². The van der Waals surface area contributed by atoms with Gasteiger partial charge in [-0.1, -0.05) is 48.5 Å². The number of para-hydroxylation sites is 1. The molecular formula is C23H17FN2O3S. The molecule has 0 aliphatic carbocycles. The van der Waals surface area contributed by atoms with E-state index in [-0.39, 0.29) is 16.5 Å². The van der Waals surface area contributed by atoms with Crippen LogP contribution in [0.4, 0.5) is 15.8 Å². The number of benzene rings is 4. The molecule has 2 N–H and O–H groups in total. The summed E-state index contributed by atoms with van der Waals surface area (Å²) in [5.74, 6) is -1.04. The predicted octanol–water partition coefficient (Wildman–Crippen LogP) is 5.03. The molecule has 0 unspecified atom stereocenters. The number of rotatable bonds is 5. The summed E-state index contributed by atoms with van der Waals surface area (Å²) in [6, 6.07) is 24.2. The third-order valence-corrected chi connectivity index (χ3v) is 5.96. The van der Waals surface area contributed by atoms with E-state index >= 15 is 0 Å². The number of carbonyl (C=O) groups is 1. The second kappa shape index (κ2) is 7.96. The van der Waals surface area contributed by atoms with Gasteiger partial charge in [0.2, 0.25) is 0 Å². The van der Waals surface area contributed by atoms with Crippen LogP contribution in [-0.4, -0.2) is 14.3 Å². The molecule has 0 radical (unpaired) electrons. The van der Waals surface area contributed by atoms with Crippen LogP contribution in [0.15, 0.2) is 95.9 Å². The maximum Gasteiger partial charge on any atom is 0.261 e. The number of amides is 1. The molecule has 5 nitrogen and oxygen atoms in total. The van der Waals surface area contributed by atoms with Crippen molar-refractivity contribution in [3.63, 3.8) is 0 Å². The van der Waals surface area contributed by atoms with Gasteiger partial charge in [-0.2, -0.15) is 0 Å². The summed E-state index contributed by atoms with van der Waals surface area (Å²) >= 11 is 0. The molecule has 1 amide bonds. The van der Waals surface area contributed by atoms with Crippen LogP contribution in [0.5, 0.6) is 0 Å². The van der Waals surface area contributed by atoms with Gasteiger partial charge in [0, 0.05) is 16.6 Å². The number of hydrogen-bond acceptors (Lipinski definition) is 3. The second-order valence-electron chi connectivity index (χ2n) is 6.59. The largest absolute Gasteiger partial charge is 0.321 e. The highest BCUT2D eigenvalue weighted by Gasteiger charge is 2.17. The van der Waals surface area contributed by atoms with Gasteiger partial charge >= 0.3 is 0 Å². The first kappa shape index (κ1) is 19.6. The summed E-state index contributed by atoms with van der Waals surface area (Å²) in [6.45, 7) is 0. The van der Waals surface area contributed by atoms with E-state index in [0.29, 0.717) is 11.3 Å². The Morgan fingerprint density at radius 2 is 1.37 bits per heavy atom. The maximum atomic E-state index is 13.7. The SMILES string of the molecule is O=C(Nc1cccc2ccccc12)c1ccc(S(=O)(=O)Nc2ccccc2F)cc1. The van der Waals surface area contributed by atoms with Crippen LogP contribution >= 0.6 is 0 Å². The first-order chi connectivity index (χ1) is 14.4. The first-order valence-corrected chi connectivity index (χ1v) is 10.6. The number of sulfonamides is 1. The molecule has 0 aliphatic heterocycles. The fourth-order valence-corrected chi connectivity index (χ4v) is 4.13. The molecule has 4 rings (SSSR count). The number of anilines is 2. The average Bonchev–Trinajstić information content (AvgIpc) is 2.75. The van der Waals surface area contributed by atoms with Crippen molar-refractivity contribution >= 4 is 38.1 Å². The highest BCUT2D eigenvalue weighted by Crippen LogP contribution is 2.24. The minimum Gasteiger partial charge on any atom is -0.321 e. The van der Waals surface area contributed by atoms with Crippen LogP contribution in [0.3, 0.4) is 0 Å². The lowest BCUT2D eigenvalue weighted by Crippen LogP contribution is -2.15. The highest BCUT2D eigenvalue weighted by molar-refractivity contribution is 7.92. The molecule has 0 saturated heterocycles. The summed E-state index contributed by atoms with van der Waals surface area (Å²) in [4.78, 5) is 12.6. The van der Waals surface area contributed by atoms with Gasteiger partial charge < -0.3 is 5.32 Å². The van der Waals surface area contributed by atoms with Crippen LogP contribution in [-0.2, 0) is 10.0 Å². The standard InChI is InChI=1S/C23H17FN2O3S/c24-20-9-3-4-10-22(20)26-30(28,29)18-14-12-17(13-15-18)23(27)25-21-11-5-7-16-6-1-2-8-19(16)21/h1-15,26H,(H,25,27). The van der Waals surface area contributed by atoms with Gasteiger partial charge in [-0.15, -0.1) is 0 Å². The molecular weight excluding hydrogens is 403 g/mol. The molecule has 0 aromatic heterocycles. The first-order valence-electron chi connectivity index (χ1n) is 9.10. The van der Waals surface area contributed by atoms with Crippen molar-refractivity contribution in [3.8, 4) is 0 Å². The Labute approximate surface area is 173 Å². The van der Waals surface area contributed by atoms with Crippen LogP contribution < -0.4 is 10.0 Å². The number of halogens is 1. The summed E-state index contributed by atoms with van der Waals surface area (Å²) in [5, 5.41) is 4.75. The number of fused-ring (bicyclic) bond motifs is 1. The lowest BCUT2D eigenvalue weighted by molar-refractivity contribution is 0.102. The summed E-state index contributed by atoms with van der Waals surface area (Å²) < 4.78 is 40.9. The molecule has 4 aromatic rings. The Balaban J connectivity index is 1.54. The van der Waals surface area contributed by atoms with E-state index in [1.54, 1.807) is 6.07 Å². The maximum absolute atomic E-state index is 13.7. The van der Waals surface area contributed by atoms with E-state index in [1.807, 2.05) is 36.4 Å². The minimum atomic E-state index is -3.99. The highest BCUT2D eigenvalue weighted by atomic mass is 32.2. The van der Waals surface area contributed by atoms with E-state index in [2.05, 4.69) is 10.0 Å². The third-order valence-electron chi connectivity index (χ3n) is 4.58. The van der Waals surface area contributed by atoms with Crippen molar-refractivity contribution in [3.05, 3.63) is 102 Å². The number of hydrogen-bond donors (Lipinski definition) is 2. The van der Waals surface area contributed by atoms with Gasteiger partial charge in [0.1, 0.15) is 5.82 Å². The summed E-state index contributed by atoms with van der Waals surface area (Å²) in [7, 11) is -3.99. The van der Waals surface area contributed by atoms with Gasteiger partial charge in [-0.05, 0) is 47.9 Å². The Morgan fingerprint density at radius 1 is 0.733 bits per heavy atom. The Kier molecular flexibility index (Phi) is 5.20. The lowest BCUT2D eigenvalue weighted by Gasteiger charge is -2.11. The Hall–Kier alpha value is -3.71. The smallest absolute Gasteiger partial charge is 0.261 e. The molecule has 4 aromatic carbocycles. The Morgan fingerprint density at radius 3 is 2.13 bits per heavy atom. The molecule has 7 heteroatoms. The third kappa shape index (κ3) is 4.01. The molecule has 0 aliphatic rings. The average molecular weight is 420 g/mol. The van der Waals surface area contributed by atoms with Gasteiger partial charge in [0.05, 0.1) is 10.6 Å². The van der Waals surface area contributed by atoms with Crippen molar-refractivity contribution in [2.75, 3.05) is 10.0 Å². The normalized spacial score (nSPS) is 11.2. The predicted molar refractivity (Wildman–Crippen MR) is 116 cm³/mol. The number of nitrogens with one attached hydrogen (secondary N) is 2. The minimum absolute atomic E-state index is 0.0764. The van der Waals surface area contributed by atoms with Gasteiger partial charge in [0.15, 0.2) is 0 Å². The summed E-state index contributed by atoms with van der Waals surface area (Å²) in [6.07, 6.45) is 0. The molecule has 0 heterocycles. The fraction of sp³-hybridized carbons (Fsp3) is 0. The van der Waals surface area contributed by atoms with Gasteiger partial charge in [0.25, 0.3) is 15.9 Å².